The Balaban J connectivity index is 1.57. The van der Waals surface area contributed by atoms with Gasteiger partial charge in [-0.2, -0.15) is 0 Å². The summed E-state index contributed by atoms with van der Waals surface area (Å²) >= 11 is 0. The molecule has 0 saturated heterocycles. The van der Waals surface area contributed by atoms with E-state index in [-0.39, 0.29) is 0 Å². The van der Waals surface area contributed by atoms with Gasteiger partial charge in [-0.15, -0.1) is 0 Å². The van der Waals surface area contributed by atoms with Crippen LogP contribution >= 0.6 is 0 Å². The van der Waals surface area contributed by atoms with Crippen LogP contribution in [0, 0.1) is 17.8 Å². The SMILES string of the molecule is C=C1C(C)C(=C)C2c3cc4ccc(-c5ccccc5)cc4cc3C(C)C(c3ccccc3)C2C1C. The second kappa shape index (κ2) is 8.38. The van der Waals surface area contributed by atoms with Gasteiger partial charge in [-0.05, 0) is 74.2 Å². The Hall–Kier alpha value is -3.38. The molecule has 2 aliphatic rings. The van der Waals surface area contributed by atoms with Crippen molar-refractivity contribution < 1.29 is 0 Å². The first-order chi connectivity index (χ1) is 17.0. The summed E-state index contributed by atoms with van der Waals surface area (Å²) in [5, 5.41) is 2.65. The molecule has 0 spiro atoms. The number of rotatable bonds is 2. The molecule has 6 unspecified atom stereocenters. The molecule has 2 aliphatic carbocycles. The molecule has 35 heavy (non-hydrogen) atoms. The van der Waals surface area contributed by atoms with Gasteiger partial charge in [-0.1, -0.05) is 130 Å². The van der Waals surface area contributed by atoms with E-state index in [1.165, 1.54) is 49.7 Å². The van der Waals surface area contributed by atoms with Crippen molar-refractivity contribution >= 4 is 10.8 Å². The molecule has 6 rings (SSSR count). The van der Waals surface area contributed by atoms with Gasteiger partial charge in [-0.25, -0.2) is 0 Å². The van der Waals surface area contributed by atoms with Crippen molar-refractivity contribution in [3.05, 3.63) is 132 Å². The zero-order valence-electron chi connectivity index (χ0n) is 21.0. The molecule has 6 atom stereocenters. The van der Waals surface area contributed by atoms with E-state index in [0.29, 0.717) is 35.5 Å². The molecule has 0 amide bonds. The smallest absolute Gasteiger partial charge is 0.00943 e. The topological polar surface area (TPSA) is 0 Å². The Morgan fingerprint density at radius 3 is 1.94 bits per heavy atom. The van der Waals surface area contributed by atoms with E-state index >= 15 is 0 Å². The molecule has 0 N–H and O–H groups in total. The monoisotopic (exact) mass is 454 g/mol. The standard InChI is InChI=1S/C35H34/c1-21-22(2)24(4)35-33(27-14-10-7-11-15-27)25(5)31-20-30-18-28(26-12-8-6-9-13-26)16-17-29(30)19-32(31)34(35)23(21)3/h6-21,24-25,33-35H,2-3H2,1,4-5H3. The Morgan fingerprint density at radius 1 is 0.571 bits per heavy atom. The van der Waals surface area contributed by atoms with Crippen molar-refractivity contribution in [1.82, 2.24) is 0 Å². The third-order valence-corrected chi connectivity index (χ3v) is 9.17. The highest BCUT2D eigenvalue weighted by molar-refractivity contribution is 5.89. The van der Waals surface area contributed by atoms with Crippen molar-refractivity contribution in [3.8, 4) is 11.1 Å². The summed E-state index contributed by atoms with van der Waals surface area (Å²) in [5.41, 5.74) is 9.66. The largest absolute Gasteiger partial charge is 0.0990 e. The highest BCUT2D eigenvalue weighted by Crippen LogP contribution is 2.61. The van der Waals surface area contributed by atoms with Gasteiger partial charge >= 0.3 is 0 Å². The number of hydrogen-bond acceptors (Lipinski definition) is 0. The van der Waals surface area contributed by atoms with Gasteiger partial charge in [0.25, 0.3) is 0 Å². The van der Waals surface area contributed by atoms with Crippen LogP contribution in [0.4, 0.5) is 0 Å². The molecule has 0 radical (unpaired) electrons. The summed E-state index contributed by atoms with van der Waals surface area (Å²) in [6, 6.07) is 33.8. The van der Waals surface area contributed by atoms with Crippen molar-refractivity contribution in [1.29, 1.82) is 0 Å². The summed E-state index contributed by atoms with van der Waals surface area (Å²) < 4.78 is 0. The van der Waals surface area contributed by atoms with E-state index in [2.05, 4.69) is 125 Å². The molecule has 1 fully saturated rings. The molecule has 0 bridgehead atoms. The fourth-order valence-electron chi connectivity index (χ4n) is 7.13. The van der Waals surface area contributed by atoms with Crippen LogP contribution in [-0.4, -0.2) is 0 Å². The van der Waals surface area contributed by atoms with Gasteiger partial charge in [0, 0.05) is 5.92 Å². The van der Waals surface area contributed by atoms with Crippen molar-refractivity contribution in [2.45, 2.75) is 38.5 Å². The van der Waals surface area contributed by atoms with E-state index < -0.39 is 0 Å². The average Bonchev–Trinajstić information content (AvgIpc) is 2.90. The van der Waals surface area contributed by atoms with Crippen molar-refractivity contribution in [2.24, 2.45) is 17.8 Å². The number of fused-ring (bicyclic) bond motifs is 4. The molecular weight excluding hydrogens is 420 g/mol. The maximum Gasteiger partial charge on any atom is 0.00943 e. The first kappa shape index (κ1) is 22.1. The van der Waals surface area contributed by atoms with Crippen LogP contribution in [0.1, 0.15) is 55.2 Å². The first-order valence-electron chi connectivity index (χ1n) is 13.0. The summed E-state index contributed by atoms with van der Waals surface area (Å²) in [6.45, 7) is 16.4. The molecule has 4 aromatic rings. The van der Waals surface area contributed by atoms with E-state index in [0.717, 1.165) is 0 Å². The molecular formula is C35H34. The quantitative estimate of drug-likeness (QED) is 0.265. The molecule has 0 aliphatic heterocycles. The van der Waals surface area contributed by atoms with Crippen molar-refractivity contribution in [2.75, 3.05) is 0 Å². The molecule has 174 valence electrons. The molecule has 0 nitrogen and oxygen atoms in total. The number of allylic oxidation sites excluding steroid dienone is 2. The highest BCUT2D eigenvalue weighted by atomic mass is 14.5. The van der Waals surface area contributed by atoms with Gasteiger partial charge in [-0.3, -0.25) is 0 Å². The summed E-state index contributed by atoms with van der Waals surface area (Å²) in [7, 11) is 0. The lowest BCUT2D eigenvalue weighted by Gasteiger charge is -2.52. The minimum atomic E-state index is 0.347. The molecule has 0 heteroatoms. The average molecular weight is 455 g/mol. The Kier molecular flexibility index (Phi) is 5.29. The number of benzene rings is 4. The maximum absolute atomic E-state index is 4.69. The molecule has 0 aromatic heterocycles. The van der Waals surface area contributed by atoms with Crippen molar-refractivity contribution in [3.63, 3.8) is 0 Å². The summed E-state index contributed by atoms with van der Waals surface area (Å²) in [5.74, 6) is 2.52. The Morgan fingerprint density at radius 2 is 1.23 bits per heavy atom. The fraction of sp³-hybridized carbons (Fsp3) is 0.257. The van der Waals surface area contributed by atoms with Gasteiger partial charge in [0.15, 0.2) is 0 Å². The van der Waals surface area contributed by atoms with Crippen LogP contribution in [0.2, 0.25) is 0 Å². The Bertz CT molecular complexity index is 1430. The predicted octanol–water partition coefficient (Wildman–Crippen LogP) is 9.51. The molecule has 4 aromatic carbocycles. The minimum Gasteiger partial charge on any atom is -0.0990 e. The first-order valence-corrected chi connectivity index (χ1v) is 13.0. The highest BCUT2D eigenvalue weighted by Gasteiger charge is 2.49. The van der Waals surface area contributed by atoms with Gasteiger partial charge in [0.05, 0.1) is 0 Å². The third-order valence-electron chi connectivity index (χ3n) is 9.17. The van der Waals surface area contributed by atoms with E-state index in [4.69, 9.17) is 0 Å². The predicted molar refractivity (Wildman–Crippen MR) is 150 cm³/mol. The Labute approximate surface area is 210 Å². The van der Waals surface area contributed by atoms with Crippen LogP contribution in [0.15, 0.2) is 115 Å². The second-order valence-corrected chi connectivity index (χ2v) is 10.8. The summed E-state index contributed by atoms with van der Waals surface area (Å²) in [6.07, 6.45) is 0. The molecule has 0 heterocycles. The van der Waals surface area contributed by atoms with Crippen LogP contribution in [0.25, 0.3) is 21.9 Å². The zero-order valence-corrected chi connectivity index (χ0v) is 21.0. The van der Waals surface area contributed by atoms with Gasteiger partial charge in [0.2, 0.25) is 0 Å². The maximum atomic E-state index is 4.69. The van der Waals surface area contributed by atoms with E-state index in [1.807, 2.05) is 0 Å². The zero-order chi connectivity index (χ0) is 24.3. The summed E-state index contributed by atoms with van der Waals surface area (Å²) in [4.78, 5) is 0. The number of hydrogen-bond donors (Lipinski definition) is 0. The van der Waals surface area contributed by atoms with Crippen LogP contribution in [-0.2, 0) is 0 Å². The second-order valence-electron chi connectivity index (χ2n) is 10.8. The minimum absolute atomic E-state index is 0.347. The van der Waals surface area contributed by atoms with Crippen LogP contribution in [0.3, 0.4) is 0 Å². The lowest BCUT2D eigenvalue weighted by molar-refractivity contribution is 0.216. The lowest BCUT2D eigenvalue weighted by Crippen LogP contribution is -2.41. The third kappa shape index (κ3) is 3.42. The molecule has 1 saturated carbocycles. The van der Waals surface area contributed by atoms with Gasteiger partial charge < -0.3 is 0 Å². The van der Waals surface area contributed by atoms with Crippen LogP contribution in [0.5, 0.6) is 0 Å². The van der Waals surface area contributed by atoms with Gasteiger partial charge in [0.1, 0.15) is 0 Å². The van der Waals surface area contributed by atoms with E-state index in [9.17, 15) is 0 Å². The van der Waals surface area contributed by atoms with Crippen LogP contribution < -0.4 is 0 Å². The van der Waals surface area contributed by atoms with E-state index in [1.54, 1.807) is 0 Å². The normalized spacial score (nSPS) is 28.0. The fourth-order valence-corrected chi connectivity index (χ4v) is 7.13. The lowest BCUT2D eigenvalue weighted by atomic mass is 9.51.